The molecule has 6 nitrogen and oxygen atoms in total. The SMILES string of the molecule is COc1cc(CCc2cc3c(cc2CCc2ccc(OC)c(OC)c2)OCO3)cc(OC)c1. The first-order chi connectivity index (χ1) is 16.1. The molecule has 0 aliphatic carbocycles. The normalized spacial score (nSPS) is 11.9. The number of methoxy groups -OCH3 is 4. The van der Waals surface area contributed by atoms with Crippen LogP contribution in [0.1, 0.15) is 22.3 Å². The van der Waals surface area contributed by atoms with Crippen molar-refractivity contribution in [3.05, 3.63) is 70.8 Å². The zero-order valence-electron chi connectivity index (χ0n) is 19.6. The van der Waals surface area contributed by atoms with Gasteiger partial charge in [0.1, 0.15) is 11.5 Å². The van der Waals surface area contributed by atoms with Gasteiger partial charge in [-0.15, -0.1) is 0 Å². The predicted molar refractivity (Wildman–Crippen MR) is 126 cm³/mol. The Kier molecular flexibility index (Phi) is 7.13. The van der Waals surface area contributed by atoms with E-state index < -0.39 is 0 Å². The summed E-state index contributed by atoms with van der Waals surface area (Å²) in [5.41, 5.74) is 4.86. The van der Waals surface area contributed by atoms with Gasteiger partial charge >= 0.3 is 0 Å². The minimum atomic E-state index is 0.265. The monoisotopic (exact) mass is 450 g/mol. The maximum absolute atomic E-state index is 5.65. The highest BCUT2D eigenvalue weighted by Crippen LogP contribution is 2.36. The van der Waals surface area contributed by atoms with Crippen LogP contribution in [0.3, 0.4) is 0 Å². The van der Waals surface area contributed by atoms with Gasteiger partial charge in [-0.3, -0.25) is 0 Å². The highest BCUT2D eigenvalue weighted by molar-refractivity contribution is 5.50. The first kappa shape index (κ1) is 22.6. The fraction of sp³-hybridized carbons (Fsp3) is 0.333. The Labute approximate surface area is 195 Å². The summed E-state index contributed by atoms with van der Waals surface area (Å²) in [5.74, 6) is 4.69. The van der Waals surface area contributed by atoms with E-state index in [9.17, 15) is 0 Å². The smallest absolute Gasteiger partial charge is 0.231 e. The van der Waals surface area contributed by atoms with Crippen molar-refractivity contribution in [2.75, 3.05) is 35.2 Å². The zero-order chi connectivity index (χ0) is 23.2. The van der Waals surface area contributed by atoms with Gasteiger partial charge in [0.25, 0.3) is 0 Å². The largest absolute Gasteiger partial charge is 0.497 e. The summed E-state index contributed by atoms with van der Waals surface area (Å²) in [7, 11) is 6.64. The maximum Gasteiger partial charge on any atom is 0.231 e. The van der Waals surface area contributed by atoms with Crippen molar-refractivity contribution < 1.29 is 28.4 Å². The standard InChI is InChI=1S/C27H30O6/c1-28-22-11-19(12-23(16-22)29-2)6-9-21-15-27-26(32-17-33-27)14-20(21)8-5-18-7-10-24(30-3)25(13-18)31-4/h7,10-16H,5-6,8-9,17H2,1-4H3. The summed E-state index contributed by atoms with van der Waals surface area (Å²) in [4.78, 5) is 0. The first-order valence-corrected chi connectivity index (χ1v) is 11.0. The molecule has 3 aromatic carbocycles. The maximum atomic E-state index is 5.65. The number of rotatable bonds is 10. The minimum absolute atomic E-state index is 0.265. The highest BCUT2D eigenvalue weighted by atomic mass is 16.7. The molecular weight excluding hydrogens is 420 g/mol. The predicted octanol–water partition coefficient (Wildman–Crippen LogP) is 5.02. The molecule has 1 heterocycles. The fourth-order valence-corrected chi connectivity index (χ4v) is 4.10. The molecule has 33 heavy (non-hydrogen) atoms. The van der Waals surface area contributed by atoms with Crippen molar-refractivity contribution in [3.63, 3.8) is 0 Å². The van der Waals surface area contributed by atoms with Gasteiger partial charge in [-0.25, -0.2) is 0 Å². The van der Waals surface area contributed by atoms with E-state index in [1.807, 2.05) is 18.2 Å². The number of ether oxygens (including phenoxy) is 6. The third-order valence-corrected chi connectivity index (χ3v) is 5.92. The molecule has 6 heteroatoms. The van der Waals surface area contributed by atoms with E-state index in [4.69, 9.17) is 28.4 Å². The molecule has 0 saturated carbocycles. The van der Waals surface area contributed by atoms with Gasteiger partial charge in [0, 0.05) is 6.07 Å². The van der Waals surface area contributed by atoms with E-state index >= 15 is 0 Å². The second-order valence-electron chi connectivity index (χ2n) is 7.88. The molecule has 1 aliphatic heterocycles. The van der Waals surface area contributed by atoms with Crippen molar-refractivity contribution in [1.82, 2.24) is 0 Å². The lowest BCUT2D eigenvalue weighted by molar-refractivity contribution is 0.174. The first-order valence-electron chi connectivity index (χ1n) is 11.0. The lowest BCUT2D eigenvalue weighted by Gasteiger charge is -2.14. The molecule has 0 amide bonds. The third-order valence-electron chi connectivity index (χ3n) is 5.92. The molecular formula is C27H30O6. The molecule has 0 aromatic heterocycles. The Morgan fingerprint density at radius 1 is 0.576 bits per heavy atom. The van der Waals surface area contributed by atoms with Crippen molar-refractivity contribution >= 4 is 0 Å². The van der Waals surface area contributed by atoms with E-state index in [1.54, 1.807) is 28.4 Å². The molecule has 3 aromatic rings. The van der Waals surface area contributed by atoms with Crippen LogP contribution in [0.4, 0.5) is 0 Å². The van der Waals surface area contributed by atoms with Crippen molar-refractivity contribution in [2.45, 2.75) is 25.7 Å². The van der Waals surface area contributed by atoms with Crippen LogP contribution in [0.15, 0.2) is 48.5 Å². The van der Waals surface area contributed by atoms with Gasteiger partial charge in [0.05, 0.1) is 28.4 Å². The molecule has 0 radical (unpaired) electrons. The van der Waals surface area contributed by atoms with Crippen molar-refractivity contribution in [3.8, 4) is 34.5 Å². The molecule has 0 bridgehead atoms. The summed E-state index contributed by atoms with van der Waals surface area (Å²) < 4.78 is 32.9. The van der Waals surface area contributed by atoms with Gasteiger partial charge in [-0.1, -0.05) is 6.07 Å². The van der Waals surface area contributed by atoms with Gasteiger partial charge in [-0.2, -0.15) is 0 Å². The Hall–Kier alpha value is -3.54. The molecule has 0 fully saturated rings. The van der Waals surface area contributed by atoms with Gasteiger partial charge in [0.2, 0.25) is 6.79 Å². The van der Waals surface area contributed by atoms with Crippen molar-refractivity contribution in [1.29, 1.82) is 0 Å². The topological polar surface area (TPSA) is 55.4 Å². The number of hydrogen-bond donors (Lipinski definition) is 0. The Morgan fingerprint density at radius 2 is 1.15 bits per heavy atom. The second kappa shape index (κ2) is 10.4. The molecule has 1 aliphatic rings. The summed E-state index contributed by atoms with van der Waals surface area (Å²) in [6, 6.07) is 16.3. The van der Waals surface area contributed by atoms with Crippen LogP contribution in [-0.4, -0.2) is 35.2 Å². The number of aryl methyl sites for hydroxylation is 4. The van der Waals surface area contributed by atoms with Crippen LogP contribution in [0.25, 0.3) is 0 Å². The van der Waals surface area contributed by atoms with E-state index in [0.29, 0.717) is 0 Å². The lowest BCUT2D eigenvalue weighted by atomic mass is 9.94. The average molecular weight is 451 g/mol. The number of benzene rings is 3. The van der Waals surface area contributed by atoms with E-state index in [1.165, 1.54) is 16.7 Å². The summed E-state index contributed by atoms with van der Waals surface area (Å²) in [5, 5.41) is 0. The molecule has 174 valence electrons. The van der Waals surface area contributed by atoms with E-state index in [-0.39, 0.29) is 6.79 Å². The molecule has 0 atom stereocenters. The molecule has 0 saturated heterocycles. The van der Waals surface area contributed by atoms with Crippen LogP contribution in [-0.2, 0) is 25.7 Å². The molecule has 0 N–H and O–H groups in total. The second-order valence-corrected chi connectivity index (χ2v) is 7.88. The van der Waals surface area contributed by atoms with Crippen LogP contribution < -0.4 is 28.4 Å². The summed E-state index contributed by atoms with van der Waals surface area (Å²) in [6.07, 6.45) is 3.48. The van der Waals surface area contributed by atoms with E-state index in [2.05, 4.69) is 30.3 Å². The minimum Gasteiger partial charge on any atom is -0.497 e. The average Bonchev–Trinajstić information content (AvgIpc) is 3.32. The number of fused-ring (bicyclic) bond motifs is 1. The fourth-order valence-electron chi connectivity index (χ4n) is 4.10. The molecule has 0 spiro atoms. The van der Waals surface area contributed by atoms with Gasteiger partial charge < -0.3 is 28.4 Å². The van der Waals surface area contributed by atoms with Gasteiger partial charge in [-0.05, 0) is 84.3 Å². The van der Waals surface area contributed by atoms with E-state index in [0.717, 1.165) is 65.7 Å². The summed E-state index contributed by atoms with van der Waals surface area (Å²) in [6.45, 7) is 0.265. The van der Waals surface area contributed by atoms with Crippen LogP contribution in [0, 0.1) is 0 Å². The van der Waals surface area contributed by atoms with Crippen LogP contribution >= 0.6 is 0 Å². The quantitative estimate of drug-likeness (QED) is 0.432. The van der Waals surface area contributed by atoms with Crippen molar-refractivity contribution in [2.24, 2.45) is 0 Å². The Balaban J connectivity index is 1.54. The summed E-state index contributed by atoms with van der Waals surface area (Å²) >= 11 is 0. The Bertz CT molecular complexity index is 1090. The lowest BCUT2D eigenvalue weighted by Crippen LogP contribution is -2.01. The van der Waals surface area contributed by atoms with Crippen LogP contribution in [0.5, 0.6) is 34.5 Å². The van der Waals surface area contributed by atoms with Gasteiger partial charge in [0.15, 0.2) is 23.0 Å². The third kappa shape index (κ3) is 5.28. The van der Waals surface area contributed by atoms with Crippen LogP contribution in [0.2, 0.25) is 0 Å². The highest BCUT2D eigenvalue weighted by Gasteiger charge is 2.18. The molecule has 4 rings (SSSR count). The zero-order valence-corrected chi connectivity index (χ0v) is 19.6. The molecule has 0 unspecified atom stereocenters. The number of hydrogen-bond acceptors (Lipinski definition) is 6. The Morgan fingerprint density at radius 3 is 1.70 bits per heavy atom.